The van der Waals surface area contributed by atoms with Crippen molar-refractivity contribution in [2.45, 2.75) is 44.7 Å². The number of methoxy groups -OCH3 is 2. The number of aromatic nitrogens is 2. The maximum absolute atomic E-state index is 13.6. The third-order valence-electron chi connectivity index (χ3n) is 5.65. The topological polar surface area (TPSA) is 190 Å². The number of H-pyrrole nitrogens is 1. The van der Waals surface area contributed by atoms with E-state index in [0.717, 1.165) is 0 Å². The van der Waals surface area contributed by atoms with E-state index in [1.807, 2.05) is 0 Å². The Morgan fingerprint density at radius 2 is 1.82 bits per heavy atom. The quantitative estimate of drug-likeness (QED) is 0.185. The lowest BCUT2D eigenvalue weighted by Gasteiger charge is -2.24. The van der Waals surface area contributed by atoms with Crippen molar-refractivity contribution in [3.8, 4) is 5.75 Å². The molecule has 0 bridgehead atoms. The summed E-state index contributed by atoms with van der Waals surface area (Å²) < 4.78 is 41.1. The summed E-state index contributed by atoms with van der Waals surface area (Å²) in [6.07, 6.45) is 3.21. The largest absolute Gasteiger partial charge is 0.468 e. The highest BCUT2D eigenvalue weighted by Crippen LogP contribution is 2.45. The maximum Gasteiger partial charge on any atom is 0.459 e. The van der Waals surface area contributed by atoms with Crippen LogP contribution in [0.25, 0.3) is 0 Å². The number of carbonyl (C=O) groups excluding carboxylic acids is 2. The number of nitrogens with one attached hydrogen (secondary N) is 2. The zero-order valence-electron chi connectivity index (χ0n) is 21.8. The number of aromatic amines is 1. The van der Waals surface area contributed by atoms with Crippen LogP contribution in [0, 0.1) is 6.92 Å². The Bertz CT molecular complexity index is 1370. The second-order valence-corrected chi connectivity index (χ2v) is 10.4. The minimum atomic E-state index is -4.18. The molecule has 39 heavy (non-hydrogen) atoms. The second-order valence-electron chi connectivity index (χ2n) is 8.66. The van der Waals surface area contributed by atoms with Gasteiger partial charge in [0.2, 0.25) is 0 Å². The number of esters is 2. The molecule has 2 aromatic rings. The number of hydrogen-bond donors (Lipinski definition) is 3. The van der Waals surface area contributed by atoms with Crippen molar-refractivity contribution in [3.05, 3.63) is 74.6 Å². The third-order valence-corrected chi connectivity index (χ3v) is 7.29. The van der Waals surface area contributed by atoms with Gasteiger partial charge in [-0.1, -0.05) is 18.2 Å². The number of benzene rings is 1. The van der Waals surface area contributed by atoms with Crippen LogP contribution in [0.1, 0.15) is 24.3 Å². The fraction of sp³-hybridized carbons (Fsp3) is 0.417. The molecule has 2 heterocycles. The summed E-state index contributed by atoms with van der Waals surface area (Å²) in [7, 11) is -1.75. The van der Waals surface area contributed by atoms with Crippen LogP contribution in [0.2, 0.25) is 0 Å². The van der Waals surface area contributed by atoms with E-state index >= 15 is 0 Å². The molecule has 0 radical (unpaired) electrons. The predicted octanol–water partition coefficient (Wildman–Crippen LogP) is 0.696. The first-order valence-electron chi connectivity index (χ1n) is 11.8. The van der Waals surface area contributed by atoms with Gasteiger partial charge in [-0.15, -0.1) is 0 Å². The van der Waals surface area contributed by atoms with Crippen molar-refractivity contribution in [1.29, 1.82) is 0 Å². The molecule has 1 aliphatic heterocycles. The zero-order chi connectivity index (χ0) is 28.7. The summed E-state index contributed by atoms with van der Waals surface area (Å²) in [6.45, 7) is 2.71. The van der Waals surface area contributed by atoms with Crippen LogP contribution in [0.15, 0.2) is 52.2 Å². The van der Waals surface area contributed by atoms with Crippen molar-refractivity contribution in [3.63, 3.8) is 0 Å². The molecule has 1 aromatic carbocycles. The van der Waals surface area contributed by atoms with Gasteiger partial charge in [-0.25, -0.2) is 9.36 Å². The van der Waals surface area contributed by atoms with Crippen LogP contribution in [0.5, 0.6) is 5.75 Å². The summed E-state index contributed by atoms with van der Waals surface area (Å²) in [5, 5.41) is 2.53. The van der Waals surface area contributed by atoms with E-state index in [1.54, 1.807) is 31.2 Å². The molecule has 0 saturated heterocycles. The number of nitrogens with zero attached hydrogens (tertiary/aromatic N) is 1. The Hall–Kier alpha value is -3.55. The molecule has 3 rings (SSSR count). The number of rotatable bonds is 12. The van der Waals surface area contributed by atoms with E-state index in [1.165, 1.54) is 44.0 Å². The lowest BCUT2D eigenvalue weighted by Crippen LogP contribution is -2.35. The average Bonchev–Trinajstić information content (AvgIpc) is 3.38. The smallest absolute Gasteiger partial charge is 0.459 e. The first-order chi connectivity index (χ1) is 18.4. The molecule has 4 N–H and O–H groups in total. The summed E-state index contributed by atoms with van der Waals surface area (Å²) in [5.41, 5.74) is 5.66. The standard InChI is InChI=1S/C24H31N4O10P/c1-14-12-28(24(32)26-21(14)29)20-10-9-18(37-20)13-36-39(33,27-15(2)22(30)34-3)38-17-7-5-16(6-8-17)11-19(25)23(31)35-4/h5-10,12,15,18-20H,11,13,25H2,1-4H3,(H,27,33)(H,26,29,32)/t15?,18-,19?,20+,39?/m0/s1. The number of aryl methyl sites for hydroxylation is 1. The number of ether oxygens (including phenoxy) is 3. The Kier molecular flexibility index (Phi) is 10.0. The minimum Gasteiger partial charge on any atom is -0.468 e. The van der Waals surface area contributed by atoms with Crippen LogP contribution in [0.3, 0.4) is 0 Å². The minimum absolute atomic E-state index is 0.148. The molecule has 0 spiro atoms. The van der Waals surface area contributed by atoms with E-state index in [2.05, 4.69) is 19.5 Å². The number of carbonyl (C=O) groups is 2. The molecule has 0 saturated carbocycles. The predicted molar refractivity (Wildman–Crippen MR) is 138 cm³/mol. The van der Waals surface area contributed by atoms with Crippen LogP contribution >= 0.6 is 7.75 Å². The van der Waals surface area contributed by atoms with Gasteiger partial charge >= 0.3 is 25.4 Å². The molecule has 1 aliphatic rings. The molecule has 15 heteroatoms. The van der Waals surface area contributed by atoms with Gasteiger partial charge in [0, 0.05) is 11.8 Å². The zero-order valence-corrected chi connectivity index (χ0v) is 22.7. The highest BCUT2D eigenvalue weighted by molar-refractivity contribution is 7.52. The van der Waals surface area contributed by atoms with Gasteiger partial charge in [0.1, 0.15) is 23.9 Å². The average molecular weight is 567 g/mol. The monoisotopic (exact) mass is 566 g/mol. The first-order valence-corrected chi connectivity index (χ1v) is 13.4. The molecule has 0 amide bonds. The Morgan fingerprint density at radius 3 is 2.46 bits per heavy atom. The maximum atomic E-state index is 13.6. The lowest BCUT2D eigenvalue weighted by atomic mass is 10.1. The van der Waals surface area contributed by atoms with Gasteiger partial charge in [0.05, 0.1) is 20.8 Å². The fourth-order valence-corrected chi connectivity index (χ4v) is 5.06. The summed E-state index contributed by atoms with van der Waals surface area (Å²) in [5.74, 6) is -1.10. The molecule has 0 aliphatic carbocycles. The molecule has 212 valence electrons. The molecule has 3 unspecified atom stereocenters. The van der Waals surface area contributed by atoms with Crippen molar-refractivity contribution in [2.24, 2.45) is 5.73 Å². The van der Waals surface area contributed by atoms with Crippen molar-refractivity contribution in [2.75, 3.05) is 20.8 Å². The van der Waals surface area contributed by atoms with E-state index in [9.17, 15) is 23.7 Å². The highest BCUT2D eigenvalue weighted by atomic mass is 31.2. The lowest BCUT2D eigenvalue weighted by molar-refractivity contribution is -0.143. The summed E-state index contributed by atoms with van der Waals surface area (Å²) in [6, 6.07) is 4.37. The SMILES string of the molecule is COC(=O)C(N)Cc1ccc(OP(=O)(NC(C)C(=O)OC)OC[C@@H]2C=C[C@H](n3cc(C)c(=O)[nH]c3=O)O2)cc1. The Labute approximate surface area is 223 Å². The van der Waals surface area contributed by atoms with Gasteiger partial charge in [0.25, 0.3) is 5.56 Å². The van der Waals surface area contributed by atoms with Crippen molar-refractivity contribution >= 4 is 19.7 Å². The Morgan fingerprint density at radius 1 is 1.15 bits per heavy atom. The fourth-order valence-electron chi connectivity index (χ4n) is 3.56. The second kappa shape index (κ2) is 13.0. The van der Waals surface area contributed by atoms with Gasteiger partial charge in [-0.05, 0) is 44.0 Å². The van der Waals surface area contributed by atoms with Gasteiger partial charge in [0.15, 0.2) is 6.23 Å². The van der Waals surface area contributed by atoms with Crippen LogP contribution in [0.4, 0.5) is 0 Å². The van der Waals surface area contributed by atoms with E-state index in [0.29, 0.717) is 11.1 Å². The van der Waals surface area contributed by atoms with Gasteiger partial charge in [-0.3, -0.25) is 28.5 Å². The van der Waals surface area contributed by atoms with E-state index in [-0.39, 0.29) is 18.8 Å². The van der Waals surface area contributed by atoms with Crippen LogP contribution in [-0.2, 0) is 39.3 Å². The molecule has 14 nitrogen and oxygen atoms in total. The Balaban J connectivity index is 1.70. The summed E-state index contributed by atoms with van der Waals surface area (Å²) >= 11 is 0. The van der Waals surface area contributed by atoms with Crippen LogP contribution < -0.4 is 26.6 Å². The van der Waals surface area contributed by atoms with Crippen molar-refractivity contribution in [1.82, 2.24) is 14.6 Å². The van der Waals surface area contributed by atoms with E-state index in [4.69, 9.17) is 19.5 Å². The summed E-state index contributed by atoms with van der Waals surface area (Å²) in [4.78, 5) is 49.5. The van der Waals surface area contributed by atoms with Gasteiger partial charge in [-0.2, -0.15) is 5.09 Å². The molecular formula is C24H31N4O10P. The van der Waals surface area contributed by atoms with Gasteiger partial charge < -0.3 is 24.5 Å². The third kappa shape index (κ3) is 7.97. The molecule has 0 fully saturated rings. The molecule has 5 atom stereocenters. The highest BCUT2D eigenvalue weighted by Gasteiger charge is 2.34. The number of nitrogens with two attached hydrogens (primary N) is 1. The molecular weight excluding hydrogens is 535 g/mol. The number of hydrogen-bond acceptors (Lipinski definition) is 11. The first kappa shape index (κ1) is 30.0. The van der Waals surface area contributed by atoms with Crippen LogP contribution in [-0.4, -0.2) is 60.5 Å². The molecule has 1 aromatic heterocycles. The normalized spacial score (nSPS) is 19.6. The van der Waals surface area contributed by atoms with Crippen molar-refractivity contribution < 1.29 is 37.4 Å². The van der Waals surface area contributed by atoms with E-state index < -0.39 is 55.3 Å².